The quantitative estimate of drug-likeness (QED) is 0.685. The molecule has 1 aromatic heterocycles. The molecule has 1 heterocycles. The summed E-state index contributed by atoms with van der Waals surface area (Å²) < 4.78 is 0. The average Bonchev–Trinajstić information content (AvgIpc) is 2.38. The predicted octanol–water partition coefficient (Wildman–Crippen LogP) is 5.47. The molecule has 0 fully saturated rings. The van der Waals surface area contributed by atoms with Crippen molar-refractivity contribution in [3.05, 3.63) is 63.9 Å². The van der Waals surface area contributed by atoms with Crippen LogP contribution in [0.2, 0.25) is 10.0 Å². The van der Waals surface area contributed by atoms with E-state index in [-0.39, 0.29) is 11.3 Å². The third kappa shape index (κ3) is 2.97. The number of pyridine rings is 1. The molecular weight excluding hydrogens is 289 g/mol. The molecule has 2 atom stereocenters. The molecule has 0 aliphatic rings. The Morgan fingerprint density at radius 1 is 1.17 bits per heavy atom. The van der Waals surface area contributed by atoms with E-state index in [2.05, 4.69) is 4.98 Å². The first kappa shape index (κ1) is 13.7. The van der Waals surface area contributed by atoms with E-state index in [9.17, 15) is 0 Å². The monoisotopic (exact) mass is 299 g/mol. The van der Waals surface area contributed by atoms with Crippen molar-refractivity contribution < 1.29 is 0 Å². The molecule has 0 radical (unpaired) electrons. The maximum absolute atomic E-state index is 6.47. The van der Waals surface area contributed by atoms with Gasteiger partial charge in [-0.2, -0.15) is 0 Å². The van der Waals surface area contributed by atoms with Crippen LogP contribution in [0.25, 0.3) is 0 Å². The summed E-state index contributed by atoms with van der Waals surface area (Å²) in [5, 5.41) is 1.10. The number of nitrogens with zero attached hydrogens (tertiary/aromatic N) is 1. The molecule has 2 rings (SSSR count). The summed E-state index contributed by atoms with van der Waals surface area (Å²) in [7, 11) is 0. The molecule has 4 heteroatoms. The van der Waals surface area contributed by atoms with Gasteiger partial charge in [0.05, 0.1) is 5.38 Å². The molecule has 0 saturated carbocycles. The van der Waals surface area contributed by atoms with Crippen LogP contribution >= 0.6 is 34.8 Å². The van der Waals surface area contributed by atoms with Gasteiger partial charge in [-0.15, -0.1) is 11.6 Å². The lowest BCUT2D eigenvalue weighted by atomic mass is 9.94. The van der Waals surface area contributed by atoms with E-state index < -0.39 is 0 Å². The van der Waals surface area contributed by atoms with Crippen LogP contribution in [0.5, 0.6) is 0 Å². The van der Waals surface area contributed by atoms with Crippen molar-refractivity contribution in [1.82, 2.24) is 4.98 Å². The predicted molar refractivity (Wildman–Crippen MR) is 77.7 cm³/mol. The number of halogens is 3. The molecule has 0 N–H and O–H groups in total. The Balaban J connectivity index is 2.28. The molecular formula is C14H12Cl3N. The highest BCUT2D eigenvalue weighted by Gasteiger charge is 2.20. The van der Waals surface area contributed by atoms with Gasteiger partial charge in [-0.05, 0) is 29.3 Å². The number of rotatable bonds is 3. The van der Waals surface area contributed by atoms with Gasteiger partial charge in [0, 0.05) is 28.4 Å². The summed E-state index contributed by atoms with van der Waals surface area (Å²) in [5.41, 5.74) is 1.97. The first-order valence-corrected chi connectivity index (χ1v) is 6.78. The Bertz CT molecular complexity index is 528. The third-order valence-electron chi connectivity index (χ3n) is 2.89. The molecule has 0 aliphatic carbocycles. The number of aromatic nitrogens is 1. The first-order chi connectivity index (χ1) is 8.59. The molecule has 0 amide bonds. The second-order valence-corrected chi connectivity index (χ2v) is 5.46. The van der Waals surface area contributed by atoms with Gasteiger partial charge in [-0.3, -0.25) is 4.98 Å². The van der Waals surface area contributed by atoms with Crippen LogP contribution in [0.15, 0.2) is 42.7 Å². The Labute approximate surface area is 122 Å². The Kier molecular flexibility index (Phi) is 4.50. The summed E-state index contributed by atoms with van der Waals surface area (Å²) in [6.07, 6.45) is 3.50. The SMILES string of the molecule is CC(c1ccc(Cl)cc1Cl)C(Cl)c1cccnc1. The van der Waals surface area contributed by atoms with Gasteiger partial charge in [0.1, 0.15) is 0 Å². The van der Waals surface area contributed by atoms with Crippen molar-refractivity contribution in [3.63, 3.8) is 0 Å². The van der Waals surface area contributed by atoms with Gasteiger partial charge in [-0.1, -0.05) is 42.3 Å². The van der Waals surface area contributed by atoms with Gasteiger partial charge in [0.15, 0.2) is 0 Å². The smallest absolute Gasteiger partial charge is 0.0666 e. The number of hydrogen-bond acceptors (Lipinski definition) is 1. The zero-order valence-electron chi connectivity index (χ0n) is 9.78. The first-order valence-electron chi connectivity index (χ1n) is 5.58. The van der Waals surface area contributed by atoms with E-state index in [0.717, 1.165) is 11.1 Å². The summed E-state index contributed by atoms with van der Waals surface area (Å²) in [5.74, 6) is 0.0839. The summed E-state index contributed by atoms with van der Waals surface area (Å²) in [6, 6.07) is 9.32. The normalized spacial score (nSPS) is 14.2. The maximum atomic E-state index is 6.47. The molecule has 2 aromatic rings. The van der Waals surface area contributed by atoms with Crippen LogP contribution in [0.3, 0.4) is 0 Å². The minimum absolute atomic E-state index is 0.0839. The minimum Gasteiger partial charge on any atom is -0.264 e. The van der Waals surface area contributed by atoms with Crippen molar-refractivity contribution in [2.75, 3.05) is 0 Å². The fourth-order valence-electron chi connectivity index (χ4n) is 1.86. The molecule has 18 heavy (non-hydrogen) atoms. The standard InChI is InChI=1S/C14H12Cl3N/c1-9(12-5-4-11(15)7-13(12)16)14(17)10-3-2-6-18-8-10/h2-9,14H,1H3. The molecule has 1 nitrogen and oxygen atoms in total. The molecule has 1 aromatic carbocycles. The average molecular weight is 301 g/mol. The summed E-state index contributed by atoms with van der Waals surface area (Å²) in [6.45, 7) is 2.04. The Morgan fingerprint density at radius 2 is 1.94 bits per heavy atom. The van der Waals surface area contributed by atoms with Crippen molar-refractivity contribution in [2.45, 2.75) is 18.2 Å². The van der Waals surface area contributed by atoms with Gasteiger partial charge >= 0.3 is 0 Å². The summed E-state index contributed by atoms with van der Waals surface area (Å²) in [4.78, 5) is 4.08. The molecule has 0 saturated heterocycles. The highest BCUT2D eigenvalue weighted by molar-refractivity contribution is 6.35. The van der Waals surface area contributed by atoms with Crippen LogP contribution in [0.4, 0.5) is 0 Å². The van der Waals surface area contributed by atoms with E-state index >= 15 is 0 Å². The fourth-order valence-corrected chi connectivity index (χ4v) is 2.70. The molecule has 0 spiro atoms. The minimum atomic E-state index is -0.169. The van der Waals surface area contributed by atoms with Crippen molar-refractivity contribution in [2.24, 2.45) is 0 Å². The van der Waals surface area contributed by atoms with Crippen LogP contribution < -0.4 is 0 Å². The van der Waals surface area contributed by atoms with Crippen LogP contribution in [-0.4, -0.2) is 4.98 Å². The van der Waals surface area contributed by atoms with Gasteiger partial charge in [-0.25, -0.2) is 0 Å². The zero-order chi connectivity index (χ0) is 13.1. The van der Waals surface area contributed by atoms with E-state index in [1.165, 1.54) is 0 Å². The summed E-state index contributed by atoms with van der Waals surface area (Å²) >= 11 is 18.6. The van der Waals surface area contributed by atoms with E-state index in [1.54, 1.807) is 18.5 Å². The van der Waals surface area contributed by atoms with Gasteiger partial charge in [0.25, 0.3) is 0 Å². The fraction of sp³-hybridized carbons (Fsp3) is 0.214. The second-order valence-electron chi connectivity index (χ2n) is 4.14. The number of hydrogen-bond donors (Lipinski definition) is 0. The van der Waals surface area contributed by atoms with Crippen molar-refractivity contribution in [3.8, 4) is 0 Å². The van der Waals surface area contributed by atoms with Crippen molar-refractivity contribution in [1.29, 1.82) is 0 Å². The van der Waals surface area contributed by atoms with E-state index in [0.29, 0.717) is 10.0 Å². The molecule has 94 valence electrons. The van der Waals surface area contributed by atoms with Crippen LogP contribution in [-0.2, 0) is 0 Å². The highest BCUT2D eigenvalue weighted by Crippen LogP contribution is 2.39. The number of benzene rings is 1. The zero-order valence-corrected chi connectivity index (χ0v) is 12.0. The van der Waals surface area contributed by atoms with E-state index in [4.69, 9.17) is 34.8 Å². The second kappa shape index (κ2) is 5.92. The van der Waals surface area contributed by atoms with Gasteiger partial charge in [0.2, 0.25) is 0 Å². The molecule has 0 bridgehead atoms. The van der Waals surface area contributed by atoms with Crippen LogP contribution in [0.1, 0.15) is 29.3 Å². The molecule has 2 unspecified atom stereocenters. The molecule has 0 aliphatic heterocycles. The lowest BCUT2D eigenvalue weighted by Crippen LogP contribution is -2.03. The Hall–Kier alpha value is -0.760. The lowest BCUT2D eigenvalue weighted by Gasteiger charge is -2.19. The third-order valence-corrected chi connectivity index (χ3v) is 4.09. The van der Waals surface area contributed by atoms with E-state index in [1.807, 2.05) is 31.2 Å². The Morgan fingerprint density at radius 3 is 2.56 bits per heavy atom. The van der Waals surface area contributed by atoms with Crippen molar-refractivity contribution >= 4 is 34.8 Å². The van der Waals surface area contributed by atoms with Crippen LogP contribution in [0, 0.1) is 0 Å². The highest BCUT2D eigenvalue weighted by atomic mass is 35.5. The van der Waals surface area contributed by atoms with Gasteiger partial charge < -0.3 is 0 Å². The maximum Gasteiger partial charge on any atom is 0.0666 e. The lowest BCUT2D eigenvalue weighted by molar-refractivity contribution is 0.729. The topological polar surface area (TPSA) is 12.9 Å². The largest absolute Gasteiger partial charge is 0.264 e. The number of alkyl halides is 1.